The highest BCUT2D eigenvalue weighted by Gasteiger charge is 2.45. The quantitative estimate of drug-likeness (QED) is 0.766. The molecular formula is C18H25NO. The van der Waals surface area contributed by atoms with Crippen LogP contribution in [0, 0.1) is 0 Å². The molecule has 1 aromatic rings. The molecule has 2 fully saturated rings. The molecule has 20 heavy (non-hydrogen) atoms. The number of fused-ring (bicyclic) bond motifs is 4. The first-order chi connectivity index (χ1) is 9.73. The molecule has 2 aliphatic heterocycles. The lowest BCUT2D eigenvalue weighted by molar-refractivity contribution is -0.0241. The maximum absolute atomic E-state index is 6.38. The number of rotatable bonds is 1. The van der Waals surface area contributed by atoms with Crippen LogP contribution < -0.4 is 4.74 Å². The van der Waals surface area contributed by atoms with Crippen LogP contribution in [0.2, 0.25) is 0 Å². The molecule has 4 rings (SSSR count). The van der Waals surface area contributed by atoms with Crippen molar-refractivity contribution in [2.45, 2.75) is 63.0 Å². The molecule has 1 saturated carbocycles. The van der Waals surface area contributed by atoms with Crippen LogP contribution >= 0.6 is 0 Å². The molecule has 3 aliphatic rings. The molecule has 0 spiro atoms. The predicted octanol–water partition coefficient (Wildman–Crippen LogP) is 3.96. The first-order valence-corrected chi connectivity index (χ1v) is 8.26. The van der Waals surface area contributed by atoms with Gasteiger partial charge in [0.2, 0.25) is 0 Å². The number of hydrogen-bond acceptors (Lipinski definition) is 2. The Morgan fingerprint density at radius 2 is 1.90 bits per heavy atom. The van der Waals surface area contributed by atoms with E-state index in [1.54, 1.807) is 0 Å². The van der Waals surface area contributed by atoms with E-state index < -0.39 is 0 Å². The smallest absolute Gasteiger partial charge is 0.123 e. The summed E-state index contributed by atoms with van der Waals surface area (Å²) in [6, 6.07) is 9.42. The molecule has 2 heterocycles. The first-order valence-electron chi connectivity index (χ1n) is 8.26. The van der Waals surface area contributed by atoms with Crippen LogP contribution in [0.4, 0.5) is 0 Å². The monoisotopic (exact) mass is 271 g/mol. The summed E-state index contributed by atoms with van der Waals surface area (Å²) in [6.45, 7) is 4.93. The molecule has 2 heteroatoms. The Hall–Kier alpha value is -1.02. The molecule has 108 valence electrons. The predicted molar refractivity (Wildman–Crippen MR) is 81.3 cm³/mol. The molecule has 0 amide bonds. The van der Waals surface area contributed by atoms with Crippen LogP contribution in [-0.2, 0) is 0 Å². The number of nitrogens with zero attached hydrogens (tertiary/aromatic N) is 1. The largest absolute Gasteiger partial charge is 0.487 e. The van der Waals surface area contributed by atoms with E-state index in [1.165, 1.54) is 57.2 Å². The number of likely N-dealkylation sites (tertiary alicyclic amines) is 1. The first kappa shape index (κ1) is 12.7. The Labute approximate surface area is 122 Å². The van der Waals surface area contributed by atoms with Gasteiger partial charge in [0.25, 0.3) is 0 Å². The molecule has 2 bridgehead atoms. The lowest BCUT2D eigenvalue weighted by Crippen LogP contribution is -2.52. The number of hydrogen-bond donors (Lipinski definition) is 0. The summed E-state index contributed by atoms with van der Waals surface area (Å²) in [4.78, 5) is 2.74. The van der Waals surface area contributed by atoms with Crippen LogP contribution in [0.25, 0.3) is 0 Å². The number of para-hydroxylation sites is 1. The Morgan fingerprint density at radius 1 is 1.10 bits per heavy atom. The summed E-state index contributed by atoms with van der Waals surface area (Å²) in [5.41, 5.74) is 1.51. The molecule has 1 saturated heterocycles. The second-order valence-electron chi connectivity index (χ2n) is 7.18. The van der Waals surface area contributed by atoms with Crippen LogP contribution in [0.15, 0.2) is 24.3 Å². The van der Waals surface area contributed by atoms with E-state index in [9.17, 15) is 0 Å². The van der Waals surface area contributed by atoms with Gasteiger partial charge in [-0.2, -0.15) is 0 Å². The summed E-state index contributed by atoms with van der Waals surface area (Å²) in [5, 5.41) is 0. The summed E-state index contributed by atoms with van der Waals surface area (Å²) in [7, 11) is 0. The van der Waals surface area contributed by atoms with Gasteiger partial charge in [-0.3, -0.25) is 0 Å². The Balaban J connectivity index is 1.61. The fraction of sp³-hybridized carbons (Fsp3) is 0.667. The molecule has 1 aliphatic carbocycles. The topological polar surface area (TPSA) is 12.5 Å². The molecule has 0 N–H and O–H groups in total. The number of benzene rings is 1. The van der Waals surface area contributed by atoms with Crippen LogP contribution in [0.3, 0.4) is 0 Å². The fourth-order valence-electron chi connectivity index (χ4n) is 4.66. The summed E-state index contributed by atoms with van der Waals surface area (Å²) in [6.07, 6.45) is 7.93. The highest BCUT2D eigenvalue weighted by molar-refractivity contribution is 5.40. The van der Waals surface area contributed by atoms with Gasteiger partial charge in [-0.05, 0) is 63.2 Å². The minimum Gasteiger partial charge on any atom is -0.487 e. The molecule has 1 aromatic carbocycles. The second-order valence-corrected chi connectivity index (χ2v) is 7.18. The number of ether oxygens (including phenoxy) is 1. The van der Waals surface area contributed by atoms with Gasteiger partial charge in [0.15, 0.2) is 0 Å². The average Bonchev–Trinajstić information content (AvgIpc) is 2.47. The summed E-state index contributed by atoms with van der Waals surface area (Å²) >= 11 is 0. The van der Waals surface area contributed by atoms with Gasteiger partial charge in [-0.25, -0.2) is 0 Å². The zero-order valence-corrected chi connectivity index (χ0v) is 12.5. The van der Waals surface area contributed by atoms with E-state index in [0.717, 1.165) is 11.8 Å². The van der Waals surface area contributed by atoms with E-state index in [4.69, 9.17) is 4.74 Å². The van der Waals surface area contributed by atoms with Crippen molar-refractivity contribution in [3.8, 4) is 5.75 Å². The Bertz CT molecular complexity index is 494. The Kier molecular flexibility index (Phi) is 3.03. The molecule has 0 radical (unpaired) electrons. The van der Waals surface area contributed by atoms with Gasteiger partial charge in [0, 0.05) is 12.5 Å². The molecular weight excluding hydrogens is 246 g/mol. The zero-order valence-electron chi connectivity index (χ0n) is 12.5. The van der Waals surface area contributed by atoms with Gasteiger partial charge >= 0.3 is 0 Å². The minimum absolute atomic E-state index is 0.0549. The van der Waals surface area contributed by atoms with Crippen molar-refractivity contribution in [1.82, 2.24) is 4.90 Å². The third-order valence-electron chi connectivity index (χ3n) is 5.52. The average molecular weight is 271 g/mol. The molecule has 3 atom stereocenters. The third-order valence-corrected chi connectivity index (χ3v) is 5.52. The normalized spacial score (nSPS) is 37.0. The SMILES string of the molecule is CC12CC(C[C@H](N3CCCCC3)C1)c1ccccc1O2. The molecule has 2 nitrogen and oxygen atoms in total. The zero-order chi connectivity index (χ0) is 13.6. The van der Waals surface area contributed by atoms with Gasteiger partial charge in [0.05, 0.1) is 0 Å². The lowest BCUT2D eigenvalue weighted by Gasteiger charge is -2.50. The summed E-state index contributed by atoms with van der Waals surface area (Å²) in [5.74, 6) is 1.84. The number of piperidine rings is 1. The second kappa shape index (κ2) is 4.77. The van der Waals surface area contributed by atoms with Crippen molar-refractivity contribution in [2.75, 3.05) is 13.1 Å². The van der Waals surface area contributed by atoms with Crippen LogP contribution in [0.1, 0.15) is 56.9 Å². The van der Waals surface area contributed by atoms with E-state index in [-0.39, 0.29) is 5.60 Å². The van der Waals surface area contributed by atoms with E-state index in [0.29, 0.717) is 5.92 Å². The van der Waals surface area contributed by atoms with Crippen molar-refractivity contribution in [3.05, 3.63) is 29.8 Å². The third kappa shape index (κ3) is 2.14. The minimum atomic E-state index is 0.0549. The van der Waals surface area contributed by atoms with Crippen molar-refractivity contribution in [3.63, 3.8) is 0 Å². The van der Waals surface area contributed by atoms with Crippen LogP contribution in [-0.4, -0.2) is 29.6 Å². The van der Waals surface area contributed by atoms with Gasteiger partial charge in [0.1, 0.15) is 11.4 Å². The van der Waals surface area contributed by atoms with E-state index in [2.05, 4.69) is 36.1 Å². The van der Waals surface area contributed by atoms with Crippen molar-refractivity contribution < 1.29 is 4.74 Å². The maximum Gasteiger partial charge on any atom is 0.123 e. The van der Waals surface area contributed by atoms with Crippen molar-refractivity contribution in [2.24, 2.45) is 0 Å². The highest BCUT2D eigenvalue weighted by atomic mass is 16.5. The van der Waals surface area contributed by atoms with E-state index in [1.807, 2.05) is 0 Å². The highest BCUT2D eigenvalue weighted by Crippen LogP contribution is 2.49. The van der Waals surface area contributed by atoms with Crippen molar-refractivity contribution >= 4 is 0 Å². The van der Waals surface area contributed by atoms with Gasteiger partial charge < -0.3 is 9.64 Å². The van der Waals surface area contributed by atoms with E-state index >= 15 is 0 Å². The Morgan fingerprint density at radius 3 is 2.75 bits per heavy atom. The maximum atomic E-state index is 6.38. The summed E-state index contributed by atoms with van der Waals surface area (Å²) < 4.78 is 6.38. The van der Waals surface area contributed by atoms with Gasteiger partial charge in [-0.1, -0.05) is 24.6 Å². The fourth-order valence-corrected chi connectivity index (χ4v) is 4.66. The van der Waals surface area contributed by atoms with Gasteiger partial charge in [-0.15, -0.1) is 0 Å². The molecule has 2 unspecified atom stereocenters. The molecule has 0 aromatic heterocycles. The lowest BCUT2D eigenvalue weighted by atomic mass is 9.71. The van der Waals surface area contributed by atoms with Crippen molar-refractivity contribution in [1.29, 1.82) is 0 Å². The standard InChI is InChI=1S/C18H25NO/c1-18-12-14(16-7-3-4-8-17(16)20-18)11-15(13-18)19-9-5-2-6-10-19/h3-4,7-8,14-15H,2,5-6,9-13H2,1H3/t14?,15-,18?/m0/s1. The van der Waals surface area contributed by atoms with Crippen LogP contribution in [0.5, 0.6) is 5.75 Å².